The van der Waals surface area contributed by atoms with Crippen LogP contribution >= 0.6 is 11.6 Å². The lowest BCUT2D eigenvalue weighted by Gasteiger charge is -2.08. The monoisotopic (exact) mass is 346 g/mol. The van der Waals surface area contributed by atoms with Crippen molar-refractivity contribution in [3.05, 3.63) is 47.1 Å². The number of rotatable bonds is 5. The Morgan fingerprint density at radius 3 is 2.62 bits per heavy atom. The van der Waals surface area contributed by atoms with Crippen molar-refractivity contribution in [1.29, 1.82) is 0 Å². The third-order valence-electron chi connectivity index (χ3n) is 3.76. The first-order valence-corrected chi connectivity index (χ1v) is 7.70. The predicted octanol–water partition coefficient (Wildman–Crippen LogP) is 2.22. The Morgan fingerprint density at radius 2 is 2.00 bits per heavy atom. The number of hydrogen-bond donors (Lipinski definition) is 2. The highest BCUT2D eigenvalue weighted by atomic mass is 35.5. The first kappa shape index (κ1) is 16.4. The molecule has 0 fully saturated rings. The van der Waals surface area contributed by atoms with Crippen molar-refractivity contribution in [1.82, 2.24) is 19.5 Å². The van der Waals surface area contributed by atoms with E-state index in [4.69, 9.17) is 21.8 Å². The molecule has 3 aromatic rings. The fourth-order valence-corrected chi connectivity index (χ4v) is 2.58. The molecule has 24 heavy (non-hydrogen) atoms. The first-order valence-electron chi connectivity index (χ1n) is 7.32. The normalized spacial score (nSPS) is 12.5. The molecule has 0 amide bonds. The first-order chi connectivity index (χ1) is 11.5. The largest absolute Gasteiger partial charge is 0.481 e. The summed E-state index contributed by atoms with van der Waals surface area (Å²) in [6.45, 7) is 1.57. The van der Waals surface area contributed by atoms with Gasteiger partial charge in [-0.25, -0.2) is 9.97 Å². The fraction of sp³-hybridized carbons (Fsp3) is 0.250. The van der Waals surface area contributed by atoms with E-state index in [0.29, 0.717) is 16.9 Å². The number of halogens is 1. The van der Waals surface area contributed by atoms with Gasteiger partial charge in [-0.3, -0.25) is 9.36 Å². The van der Waals surface area contributed by atoms with Crippen molar-refractivity contribution in [3.63, 3.8) is 0 Å². The predicted molar refractivity (Wildman–Crippen MR) is 88.1 cm³/mol. The zero-order chi connectivity index (χ0) is 17.3. The molecular weight excluding hydrogens is 332 g/mol. The molecule has 2 heterocycles. The molecule has 1 atom stereocenters. The molecule has 0 saturated carbocycles. The minimum absolute atomic E-state index is 0.0316. The van der Waals surface area contributed by atoms with Crippen LogP contribution in [0.15, 0.2) is 30.6 Å². The van der Waals surface area contributed by atoms with Crippen LogP contribution in [0.5, 0.6) is 0 Å². The Balaban J connectivity index is 2.08. The van der Waals surface area contributed by atoms with Gasteiger partial charge in [-0.2, -0.15) is 4.98 Å². The topological polar surface area (TPSA) is 101 Å². The minimum atomic E-state index is -0.906. The van der Waals surface area contributed by atoms with Crippen LogP contribution in [-0.2, 0) is 17.8 Å². The number of aliphatic carboxylic acids is 1. The van der Waals surface area contributed by atoms with E-state index in [2.05, 4.69) is 15.0 Å². The molecule has 0 saturated heterocycles. The Bertz CT molecular complexity index is 892. The Morgan fingerprint density at radius 1 is 1.29 bits per heavy atom. The van der Waals surface area contributed by atoms with Gasteiger partial charge in [-0.05, 0) is 29.3 Å². The second kappa shape index (κ2) is 6.54. The number of fused-ring (bicyclic) bond motifs is 1. The van der Waals surface area contributed by atoms with Crippen molar-refractivity contribution in [3.8, 4) is 5.69 Å². The zero-order valence-corrected chi connectivity index (χ0v) is 13.6. The van der Waals surface area contributed by atoms with E-state index in [1.807, 2.05) is 12.1 Å². The van der Waals surface area contributed by atoms with Gasteiger partial charge in [0.25, 0.3) is 0 Å². The maximum Gasteiger partial charge on any atom is 0.306 e. The van der Waals surface area contributed by atoms with E-state index >= 15 is 0 Å². The van der Waals surface area contributed by atoms with E-state index in [9.17, 15) is 4.79 Å². The quantitative estimate of drug-likeness (QED) is 0.687. The van der Waals surface area contributed by atoms with Crippen LogP contribution in [0.2, 0.25) is 5.28 Å². The number of carbonyl (C=O) groups is 1. The average Bonchev–Trinajstić information content (AvgIpc) is 2.98. The van der Waals surface area contributed by atoms with Crippen LogP contribution in [-0.4, -0.2) is 35.7 Å². The van der Waals surface area contributed by atoms with Crippen molar-refractivity contribution in [2.24, 2.45) is 5.92 Å². The number of nitrogens with zero attached hydrogens (tertiary/aromatic N) is 4. The highest BCUT2D eigenvalue weighted by Gasteiger charge is 2.19. The van der Waals surface area contributed by atoms with Gasteiger partial charge < -0.3 is 10.2 Å². The molecule has 0 aliphatic rings. The number of imidazole rings is 1. The van der Waals surface area contributed by atoms with E-state index in [-0.39, 0.29) is 18.3 Å². The summed E-state index contributed by atoms with van der Waals surface area (Å²) in [6.07, 6.45) is 1.81. The van der Waals surface area contributed by atoms with Crippen molar-refractivity contribution < 1.29 is 15.0 Å². The van der Waals surface area contributed by atoms with Gasteiger partial charge in [0.05, 0.1) is 18.2 Å². The molecule has 0 aliphatic heterocycles. The third kappa shape index (κ3) is 3.08. The highest BCUT2D eigenvalue weighted by molar-refractivity contribution is 6.28. The Hall–Kier alpha value is -2.51. The summed E-state index contributed by atoms with van der Waals surface area (Å²) in [5.74, 6) is -1.51. The fourth-order valence-electron chi connectivity index (χ4n) is 2.40. The molecule has 0 unspecified atom stereocenters. The summed E-state index contributed by atoms with van der Waals surface area (Å²) in [4.78, 5) is 23.8. The second-order valence-corrected chi connectivity index (χ2v) is 5.83. The van der Waals surface area contributed by atoms with Crippen molar-refractivity contribution in [2.45, 2.75) is 20.0 Å². The molecule has 0 aliphatic carbocycles. The minimum Gasteiger partial charge on any atom is -0.481 e. The van der Waals surface area contributed by atoms with Crippen LogP contribution < -0.4 is 0 Å². The molecule has 2 aromatic heterocycles. The lowest BCUT2D eigenvalue weighted by atomic mass is 10.1. The number of benzene rings is 1. The van der Waals surface area contributed by atoms with Gasteiger partial charge in [0.2, 0.25) is 5.28 Å². The number of aliphatic hydroxyl groups is 1. The molecule has 0 spiro atoms. The van der Waals surface area contributed by atoms with Crippen LogP contribution in [0.25, 0.3) is 16.9 Å². The molecule has 1 aromatic carbocycles. The van der Waals surface area contributed by atoms with Gasteiger partial charge in [-0.15, -0.1) is 0 Å². The van der Waals surface area contributed by atoms with Gasteiger partial charge >= 0.3 is 5.97 Å². The molecule has 124 valence electrons. The summed E-state index contributed by atoms with van der Waals surface area (Å²) in [6, 6.07) is 7.28. The number of hydrogen-bond acceptors (Lipinski definition) is 5. The van der Waals surface area contributed by atoms with Gasteiger partial charge in [0.15, 0.2) is 5.65 Å². The lowest BCUT2D eigenvalue weighted by Crippen LogP contribution is -2.13. The van der Waals surface area contributed by atoms with Gasteiger partial charge in [0, 0.05) is 12.1 Å². The van der Waals surface area contributed by atoms with Crippen LogP contribution in [0.4, 0.5) is 0 Å². The van der Waals surface area contributed by atoms with Crippen LogP contribution in [0.3, 0.4) is 0 Å². The maximum atomic E-state index is 11.1. The average molecular weight is 347 g/mol. The molecule has 0 bridgehead atoms. The zero-order valence-electron chi connectivity index (χ0n) is 12.8. The summed E-state index contributed by atoms with van der Waals surface area (Å²) in [7, 11) is 0. The molecule has 0 radical (unpaired) electrons. The molecule has 7 nitrogen and oxygen atoms in total. The number of carboxylic acids is 1. The number of aliphatic hydroxyl groups excluding tert-OH is 1. The standard InChI is InChI=1S/C16H15ClN4O3/c1-9(15(23)24)6-12-13-14(20-16(17)19-12)21(8-18-13)11-4-2-10(7-22)3-5-11/h2-5,8-9,22H,6-7H2,1H3,(H,23,24)/t9-/m1/s1. The summed E-state index contributed by atoms with van der Waals surface area (Å²) < 4.78 is 1.75. The summed E-state index contributed by atoms with van der Waals surface area (Å²) in [5.41, 5.74) is 3.15. The molecule has 3 rings (SSSR count). The van der Waals surface area contributed by atoms with E-state index in [1.54, 1.807) is 30.0 Å². The maximum absolute atomic E-state index is 11.1. The molecule has 8 heteroatoms. The number of aromatic nitrogens is 4. The lowest BCUT2D eigenvalue weighted by molar-refractivity contribution is -0.141. The SMILES string of the molecule is C[C@H](Cc1nc(Cl)nc2c1ncn2-c1ccc(CO)cc1)C(=O)O. The van der Waals surface area contributed by atoms with E-state index in [1.165, 1.54) is 0 Å². The van der Waals surface area contributed by atoms with Crippen LogP contribution in [0, 0.1) is 5.92 Å². The summed E-state index contributed by atoms with van der Waals surface area (Å²) >= 11 is 6.01. The van der Waals surface area contributed by atoms with Crippen LogP contribution in [0.1, 0.15) is 18.2 Å². The van der Waals surface area contributed by atoms with Gasteiger partial charge in [0.1, 0.15) is 11.8 Å². The van der Waals surface area contributed by atoms with Gasteiger partial charge in [-0.1, -0.05) is 19.1 Å². The van der Waals surface area contributed by atoms with Crippen molar-refractivity contribution in [2.75, 3.05) is 0 Å². The molecule has 2 N–H and O–H groups in total. The Kier molecular flexibility index (Phi) is 4.46. The highest BCUT2D eigenvalue weighted by Crippen LogP contribution is 2.22. The smallest absolute Gasteiger partial charge is 0.306 e. The van der Waals surface area contributed by atoms with E-state index < -0.39 is 11.9 Å². The third-order valence-corrected chi connectivity index (χ3v) is 3.93. The van der Waals surface area contributed by atoms with Crippen molar-refractivity contribution >= 4 is 28.7 Å². The Labute approximate surface area is 142 Å². The second-order valence-electron chi connectivity index (χ2n) is 5.49. The number of carboxylic acid groups (broad SMARTS) is 1. The summed E-state index contributed by atoms with van der Waals surface area (Å²) in [5, 5.41) is 18.3. The molecular formula is C16H15ClN4O3. The van der Waals surface area contributed by atoms with E-state index in [0.717, 1.165) is 11.3 Å².